The number of para-hydroxylation sites is 2. The second-order valence-corrected chi connectivity index (χ2v) is 7.54. The summed E-state index contributed by atoms with van der Waals surface area (Å²) in [7, 11) is 0. The van der Waals surface area contributed by atoms with Crippen LogP contribution in [0.4, 0.5) is 0 Å². The molecule has 2 amide bonds. The molecule has 0 fully saturated rings. The monoisotopic (exact) mass is 481 g/mol. The number of carbonyl (C=O) groups is 3. The zero-order chi connectivity index (χ0) is 22.4. The Kier molecular flexibility index (Phi) is 7.21. The summed E-state index contributed by atoms with van der Waals surface area (Å²) >= 11 is 3.31. The van der Waals surface area contributed by atoms with Gasteiger partial charge in [-0.1, -0.05) is 40.9 Å². The quantitative estimate of drug-likeness (QED) is 0.397. The van der Waals surface area contributed by atoms with Crippen LogP contribution in [0.5, 0.6) is 0 Å². The number of carbonyl (C=O) groups excluding carboxylic acids is 3. The third kappa shape index (κ3) is 5.38. The second-order valence-electron chi connectivity index (χ2n) is 6.63. The molecule has 31 heavy (non-hydrogen) atoms. The molecule has 0 aliphatic carbocycles. The highest BCUT2D eigenvalue weighted by molar-refractivity contribution is 9.10. The number of fused-ring (bicyclic) bond motifs is 1. The van der Waals surface area contributed by atoms with Crippen molar-refractivity contribution >= 4 is 44.6 Å². The number of ketones is 1. The molecule has 158 valence electrons. The summed E-state index contributed by atoms with van der Waals surface area (Å²) in [6.07, 6.45) is 0.316. The van der Waals surface area contributed by atoms with Crippen molar-refractivity contribution in [2.45, 2.75) is 32.4 Å². The molecule has 0 spiro atoms. The van der Waals surface area contributed by atoms with E-state index in [0.717, 1.165) is 4.47 Å². The van der Waals surface area contributed by atoms with Crippen LogP contribution in [-0.4, -0.2) is 34.7 Å². The molecule has 2 N–H and O–H groups in total. The second kappa shape index (κ2) is 10.0. The molecule has 0 aliphatic heterocycles. The van der Waals surface area contributed by atoms with Gasteiger partial charge in [0.05, 0.1) is 6.04 Å². The summed E-state index contributed by atoms with van der Waals surface area (Å²) in [6.45, 7) is 3.32. The van der Waals surface area contributed by atoms with Gasteiger partial charge in [-0.25, -0.2) is 4.98 Å². The SMILES string of the molecule is CC#C[C@H](NC(=O)c1ccc(Br)cc1)C(=O)N[C@@H](CC)C(=O)c1nc2ccccc2o1. The van der Waals surface area contributed by atoms with Crippen molar-refractivity contribution in [1.82, 2.24) is 15.6 Å². The van der Waals surface area contributed by atoms with Gasteiger partial charge >= 0.3 is 0 Å². The Bertz CT molecular complexity index is 1140. The summed E-state index contributed by atoms with van der Waals surface area (Å²) in [5.74, 6) is 3.74. The van der Waals surface area contributed by atoms with Gasteiger partial charge in [-0.3, -0.25) is 14.4 Å². The van der Waals surface area contributed by atoms with Crippen LogP contribution in [-0.2, 0) is 4.79 Å². The number of halogens is 1. The van der Waals surface area contributed by atoms with E-state index in [1.165, 1.54) is 0 Å². The molecule has 0 unspecified atom stereocenters. The number of aromatic nitrogens is 1. The average Bonchev–Trinajstić information content (AvgIpc) is 3.21. The Morgan fingerprint density at radius 1 is 1.10 bits per heavy atom. The standard InChI is InChI=1S/C23H20BrN3O4/c1-3-7-18(26-21(29)14-10-12-15(24)13-11-14)22(30)25-16(4-2)20(28)23-27-17-8-5-6-9-19(17)31-23/h5-6,8-13,16,18H,4H2,1-2H3,(H,25,30)(H,26,29)/t16-,18-/m0/s1. The first-order valence-corrected chi connectivity index (χ1v) is 10.4. The molecule has 2 aromatic carbocycles. The number of hydrogen-bond donors (Lipinski definition) is 2. The minimum atomic E-state index is -1.12. The van der Waals surface area contributed by atoms with E-state index in [2.05, 4.69) is 43.4 Å². The highest BCUT2D eigenvalue weighted by Gasteiger charge is 2.28. The fourth-order valence-electron chi connectivity index (χ4n) is 2.86. The van der Waals surface area contributed by atoms with E-state index in [9.17, 15) is 14.4 Å². The van der Waals surface area contributed by atoms with E-state index in [1.807, 2.05) is 0 Å². The first-order valence-electron chi connectivity index (χ1n) is 9.61. The number of amides is 2. The number of benzene rings is 2. The third-order valence-electron chi connectivity index (χ3n) is 4.48. The lowest BCUT2D eigenvalue weighted by Gasteiger charge is -2.18. The maximum atomic E-state index is 12.8. The molecule has 8 heteroatoms. The van der Waals surface area contributed by atoms with Crippen molar-refractivity contribution in [1.29, 1.82) is 0 Å². The van der Waals surface area contributed by atoms with Crippen LogP contribution in [0.3, 0.4) is 0 Å². The molecule has 0 radical (unpaired) electrons. The first-order chi connectivity index (χ1) is 14.9. The van der Waals surface area contributed by atoms with E-state index >= 15 is 0 Å². The van der Waals surface area contributed by atoms with E-state index in [-0.39, 0.29) is 5.89 Å². The molecule has 0 bridgehead atoms. The summed E-state index contributed by atoms with van der Waals surface area (Å²) in [6, 6.07) is 11.7. The summed E-state index contributed by atoms with van der Waals surface area (Å²) < 4.78 is 6.35. The maximum absolute atomic E-state index is 12.8. The predicted molar refractivity (Wildman–Crippen MR) is 119 cm³/mol. The van der Waals surface area contributed by atoms with Gasteiger partial charge in [-0.05, 0) is 49.7 Å². The van der Waals surface area contributed by atoms with Gasteiger partial charge in [0.1, 0.15) is 5.52 Å². The number of hydrogen-bond acceptors (Lipinski definition) is 5. The van der Waals surface area contributed by atoms with Crippen molar-refractivity contribution in [2.75, 3.05) is 0 Å². The molecular formula is C23H20BrN3O4. The lowest BCUT2D eigenvalue weighted by Crippen LogP contribution is -2.51. The van der Waals surface area contributed by atoms with Crippen molar-refractivity contribution in [2.24, 2.45) is 0 Å². The van der Waals surface area contributed by atoms with E-state index in [4.69, 9.17) is 4.42 Å². The lowest BCUT2D eigenvalue weighted by molar-refractivity contribution is -0.122. The Morgan fingerprint density at radius 2 is 1.81 bits per heavy atom. The summed E-state index contributed by atoms with van der Waals surface area (Å²) in [4.78, 5) is 42.3. The topological polar surface area (TPSA) is 101 Å². The molecule has 2 atom stereocenters. The smallest absolute Gasteiger partial charge is 0.266 e. The largest absolute Gasteiger partial charge is 0.434 e. The fourth-order valence-corrected chi connectivity index (χ4v) is 3.13. The maximum Gasteiger partial charge on any atom is 0.266 e. The van der Waals surface area contributed by atoms with Crippen LogP contribution in [0, 0.1) is 11.8 Å². The number of nitrogens with zero attached hydrogens (tertiary/aromatic N) is 1. The van der Waals surface area contributed by atoms with Crippen LogP contribution < -0.4 is 10.6 Å². The lowest BCUT2D eigenvalue weighted by atomic mass is 10.1. The zero-order valence-electron chi connectivity index (χ0n) is 16.9. The molecule has 0 saturated heterocycles. The minimum Gasteiger partial charge on any atom is -0.434 e. The highest BCUT2D eigenvalue weighted by Crippen LogP contribution is 2.16. The van der Waals surface area contributed by atoms with Crippen LogP contribution in [0.25, 0.3) is 11.1 Å². The number of oxazole rings is 1. The Hall–Kier alpha value is -3.44. The molecular weight excluding hydrogens is 462 g/mol. The third-order valence-corrected chi connectivity index (χ3v) is 5.01. The van der Waals surface area contributed by atoms with Gasteiger partial charge in [0.15, 0.2) is 11.6 Å². The summed E-state index contributed by atoms with van der Waals surface area (Å²) in [5.41, 5.74) is 1.43. The Balaban J connectivity index is 1.72. The van der Waals surface area contributed by atoms with Crippen molar-refractivity contribution in [3.63, 3.8) is 0 Å². The van der Waals surface area contributed by atoms with E-state index < -0.39 is 29.7 Å². The van der Waals surface area contributed by atoms with E-state index in [1.54, 1.807) is 62.4 Å². The minimum absolute atomic E-state index is 0.0784. The van der Waals surface area contributed by atoms with Crippen LogP contribution in [0.15, 0.2) is 57.4 Å². The van der Waals surface area contributed by atoms with Crippen LogP contribution in [0.1, 0.15) is 41.3 Å². The van der Waals surface area contributed by atoms with Gasteiger partial charge in [0.25, 0.3) is 17.7 Å². The molecule has 3 aromatic rings. The molecule has 1 heterocycles. The fraction of sp³-hybridized carbons (Fsp3) is 0.217. The molecule has 7 nitrogen and oxygen atoms in total. The van der Waals surface area contributed by atoms with Gasteiger partial charge < -0.3 is 15.1 Å². The molecule has 3 rings (SSSR count). The van der Waals surface area contributed by atoms with Crippen molar-refractivity contribution in [3.8, 4) is 11.8 Å². The summed E-state index contributed by atoms with van der Waals surface area (Å²) in [5, 5.41) is 5.24. The molecule has 0 aliphatic rings. The molecule has 1 aromatic heterocycles. The van der Waals surface area contributed by atoms with Crippen LogP contribution in [0.2, 0.25) is 0 Å². The van der Waals surface area contributed by atoms with Crippen molar-refractivity contribution in [3.05, 3.63) is 64.5 Å². The predicted octanol–water partition coefficient (Wildman–Crippen LogP) is 3.49. The van der Waals surface area contributed by atoms with Crippen molar-refractivity contribution < 1.29 is 18.8 Å². The molecule has 0 saturated carbocycles. The first kappa shape index (κ1) is 22.2. The van der Waals surface area contributed by atoms with Gasteiger partial charge in [-0.15, -0.1) is 5.92 Å². The highest BCUT2D eigenvalue weighted by atomic mass is 79.9. The normalized spacial score (nSPS) is 12.4. The van der Waals surface area contributed by atoms with Crippen LogP contribution >= 0.6 is 15.9 Å². The Labute approximate surface area is 187 Å². The average molecular weight is 482 g/mol. The van der Waals surface area contributed by atoms with Gasteiger partial charge in [0.2, 0.25) is 5.78 Å². The number of rotatable bonds is 7. The number of nitrogens with one attached hydrogen (secondary N) is 2. The van der Waals surface area contributed by atoms with Gasteiger partial charge in [-0.2, -0.15) is 0 Å². The number of Topliss-reactive ketones (excluding diaryl/α,β-unsaturated/α-hetero) is 1. The van der Waals surface area contributed by atoms with Gasteiger partial charge in [0, 0.05) is 10.0 Å². The Morgan fingerprint density at radius 3 is 2.45 bits per heavy atom. The zero-order valence-corrected chi connectivity index (χ0v) is 18.5. The van der Waals surface area contributed by atoms with E-state index in [0.29, 0.717) is 23.1 Å².